The Morgan fingerprint density at radius 1 is 1.50 bits per heavy atom. The third kappa shape index (κ3) is 3.22. The van der Waals surface area contributed by atoms with Crippen molar-refractivity contribution in [3.63, 3.8) is 0 Å². The summed E-state index contributed by atoms with van der Waals surface area (Å²) in [6.07, 6.45) is 2.13. The second kappa shape index (κ2) is 6.50. The first kappa shape index (κ1) is 13.8. The van der Waals surface area contributed by atoms with Gasteiger partial charge in [-0.3, -0.25) is 0 Å². The van der Waals surface area contributed by atoms with Crippen molar-refractivity contribution in [3.05, 3.63) is 34.6 Å². The summed E-state index contributed by atoms with van der Waals surface area (Å²) >= 11 is 5.70. The molecular formula is C14H19ClFNO. The van der Waals surface area contributed by atoms with Crippen LogP contribution >= 0.6 is 11.6 Å². The molecule has 1 N–H and O–H groups in total. The standard InChI is InChI=1S/C14H19ClFNO/c1-2-6-17-9-11-5-7-18-14(11)10-3-4-12(15)13(16)8-10/h3-4,8,11,14,17H,2,5-7,9H2,1H3. The first-order valence-corrected chi connectivity index (χ1v) is 6.87. The summed E-state index contributed by atoms with van der Waals surface area (Å²) in [5.41, 5.74) is 0.887. The smallest absolute Gasteiger partial charge is 0.142 e. The average Bonchev–Trinajstić information content (AvgIpc) is 2.81. The Kier molecular flexibility index (Phi) is 4.98. The summed E-state index contributed by atoms with van der Waals surface area (Å²) in [6, 6.07) is 4.95. The van der Waals surface area contributed by atoms with Gasteiger partial charge in [0.25, 0.3) is 0 Å². The predicted molar refractivity (Wildman–Crippen MR) is 71.4 cm³/mol. The van der Waals surface area contributed by atoms with Gasteiger partial charge in [-0.15, -0.1) is 0 Å². The molecule has 2 unspecified atom stereocenters. The molecule has 1 aromatic carbocycles. The molecule has 2 nitrogen and oxygen atoms in total. The summed E-state index contributed by atoms with van der Waals surface area (Å²) < 4.78 is 19.2. The molecule has 1 aliphatic rings. The molecular weight excluding hydrogens is 253 g/mol. The van der Waals surface area contributed by atoms with Gasteiger partial charge in [-0.25, -0.2) is 4.39 Å². The second-order valence-corrected chi connectivity index (χ2v) is 5.13. The fourth-order valence-electron chi connectivity index (χ4n) is 2.36. The number of halogens is 2. The van der Waals surface area contributed by atoms with E-state index in [1.54, 1.807) is 6.07 Å². The van der Waals surface area contributed by atoms with Crippen LogP contribution in [-0.2, 0) is 4.74 Å². The summed E-state index contributed by atoms with van der Waals surface area (Å²) in [6.45, 7) is 4.82. The molecule has 0 bridgehead atoms. The Morgan fingerprint density at radius 2 is 2.33 bits per heavy atom. The van der Waals surface area contributed by atoms with Crippen LogP contribution in [0.25, 0.3) is 0 Å². The molecule has 1 heterocycles. The van der Waals surface area contributed by atoms with Crippen LogP contribution in [0.15, 0.2) is 18.2 Å². The SMILES string of the molecule is CCCNCC1CCOC1c1ccc(Cl)c(F)c1. The van der Waals surface area contributed by atoms with Gasteiger partial charge in [0.2, 0.25) is 0 Å². The number of rotatable bonds is 5. The lowest BCUT2D eigenvalue weighted by atomic mass is 9.95. The van der Waals surface area contributed by atoms with Crippen LogP contribution < -0.4 is 5.32 Å². The van der Waals surface area contributed by atoms with Crippen LogP contribution in [-0.4, -0.2) is 19.7 Å². The molecule has 0 aliphatic carbocycles. The van der Waals surface area contributed by atoms with E-state index in [1.807, 2.05) is 6.07 Å². The molecule has 0 spiro atoms. The Labute approximate surface area is 112 Å². The first-order chi connectivity index (χ1) is 8.72. The maximum Gasteiger partial charge on any atom is 0.142 e. The molecule has 1 saturated heterocycles. The summed E-state index contributed by atoms with van der Waals surface area (Å²) in [4.78, 5) is 0. The second-order valence-electron chi connectivity index (χ2n) is 4.72. The van der Waals surface area contributed by atoms with E-state index in [0.717, 1.165) is 38.1 Å². The lowest BCUT2D eigenvalue weighted by Gasteiger charge is -2.19. The first-order valence-electron chi connectivity index (χ1n) is 6.49. The van der Waals surface area contributed by atoms with Gasteiger partial charge in [-0.1, -0.05) is 24.6 Å². The average molecular weight is 272 g/mol. The van der Waals surface area contributed by atoms with E-state index in [-0.39, 0.29) is 16.9 Å². The molecule has 18 heavy (non-hydrogen) atoms. The number of ether oxygens (including phenoxy) is 1. The molecule has 1 aromatic rings. The molecule has 2 rings (SSSR count). The number of benzene rings is 1. The van der Waals surface area contributed by atoms with Crippen molar-refractivity contribution in [3.8, 4) is 0 Å². The van der Waals surface area contributed by atoms with Gasteiger partial charge in [0.15, 0.2) is 0 Å². The van der Waals surface area contributed by atoms with Crippen LogP contribution in [0, 0.1) is 11.7 Å². The van der Waals surface area contributed by atoms with E-state index >= 15 is 0 Å². The quantitative estimate of drug-likeness (QED) is 0.827. The summed E-state index contributed by atoms with van der Waals surface area (Å²) in [5.74, 6) is 0.0436. The number of hydrogen-bond donors (Lipinski definition) is 1. The fraction of sp³-hybridized carbons (Fsp3) is 0.571. The van der Waals surface area contributed by atoms with Crippen molar-refractivity contribution in [2.75, 3.05) is 19.7 Å². The van der Waals surface area contributed by atoms with Crippen LogP contribution in [0.2, 0.25) is 5.02 Å². The molecule has 0 saturated carbocycles. The summed E-state index contributed by atoms with van der Waals surface area (Å²) in [7, 11) is 0. The van der Waals surface area contributed by atoms with Gasteiger partial charge in [0, 0.05) is 19.1 Å². The van der Waals surface area contributed by atoms with E-state index in [4.69, 9.17) is 16.3 Å². The molecule has 0 amide bonds. The van der Waals surface area contributed by atoms with Crippen LogP contribution in [0.4, 0.5) is 4.39 Å². The van der Waals surface area contributed by atoms with Gasteiger partial charge in [-0.05, 0) is 37.1 Å². The molecule has 2 atom stereocenters. The largest absolute Gasteiger partial charge is 0.373 e. The summed E-state index contributed by atoms with van der Waals surface area (Å²) in [5, 5.41) is 3.57. The van der Waals surface area contributed by atoms with Gasteiger partial charge < -0.3 is 10.1 Å². The highest BCUT2D eigenvalue weighted by molar-refractivity contribution is 6.30. The maximum atomic E-state index is 13.5. The lowest BCUT2D eigenvalue weighted by molar-refractivity contribution is 0.0903. The van der Waals surface area contributed by atoms with Crippen molar-refractivity contribution in [1.82, 2.24) is 5.32 Å². The van der Waals surface area contributed by atoms with E-state index < -0.39 is 0 Å². The minimum absolute atomic E-state index is 0.0128. The molecule has 1 aliphatic heterocycles. The molecule has 4 heteroatoms. The monoisotopic (exact) mass is 271 g/mol. The third-order valence-corrected chi connectivity index (χ3v) is 3.63. The van der Waals surface area contributed by atoms with Crippen molar-refractivity contribution >= 4 is 11.6 Å². The van der Waals surface area contributed by atoms with Crippen molar-refractivity contribution < 1.29 is 9.13 Å². The zero-order valence-corrected chi connectivity index (χ0v) is 11.3. The van der Waals surface area contributed by atoms with Crippen LogP contribution in [0.1, 0.15) is 31.4 Å². The Bertz CT molecular complexity index is 399. The zero-order chi connectivity index (χ0) is 13.0. The van der Waals surface area contributed by atoms with E-state index in [2.05, 4.69) is 12.2 Å². The predicted octanol–water partition coefficient (Wildman–Crippen LogP) is 3.56. The van der Waals surface area contributed by atoms with Crippen LogP contribution in [0.5, 0.6) is 0 Å². The minimum Gasteiger partial charge on any atom is -0.373 e. The molecule has 0 aromatic heterocycles. The van der Waals surface area contributed by atoms with Gasteiger partial charge in [0.05, 0.1) is 11.1 Å². The van der Waals surface area contributed by atoms with E-state index in [9.17, 15) is 4.39 Å². The highest BCUT2D eigenvalue weighted by atomic mass is 35.5. The minimum atomic E-state index is -0.370. The van der Waals surface area contributed by atoms with Crippen molar-refractivity contribution in [2.24, 2.45) is 5.92 Å². The number of hydrogen-bond acceptors (Lipinski definition) is 2. The molecule has 0 radical (unpaired) electrons. The van der Waals surface area contributed by atoms with E-state index in [0.29, 0.717) is 5.92 Å². The Balaban J connectivity index is 2.03. The van der Waals surface area contributed by atoms with Crippen molar-refractivity contribution in [2.45, 2.75) is 25.9 Å². The Hall–Kier alpha value is -0.640. The van der Waals surface area contributed by atoms with Gasteiger partial charge >= 0.3 is 0 Å². The normalized spacial score (nSPS) is 23.5. The van der Waals surface area contributed by atoms with Gasteiger partial charge in [-0.2, -0.15) is 0 Å². The fourth-order valence-corrected chi connectivity index (χ4v) is 2.48. The van der Waals surface area contributed by atoms with E-state index in [1.165, 1.54) is 6.07 Å². The van der Waals surface area contributed by atoms with Gasteiger partial charge in [0.1, 0.15) is 5.82 Å². The van der Waals surface area contributed by atoms with Crippen LogP contribution in [0.3, 0.4) is 0 Å². The molecule has 100 valence electrons. The number of nitrogens with one attached hydrogen (secondary N) is 1. The highest BCUT2D eigenvalue weighted by Crippen LogP contribution is 2.35. The third-order valence-electron chi connectivity index (χ3n) is 3.32. The lowest BCUT2D eigenvalue weighted by Crippen LogP contribution is -2.25. The van der Waals surface area contributed by atoms with Crippen molar-refractivity contribution in [1.29, 1.82) is 0 Å². The molecule has 1 fully saturated rings. The highest BCUT2D eigenvalue weighted by Gasteiger charge is 2.29. The maximum absolute atomic E-state index is 13.5. The Morgan fingerprint density at radius 3 is 3.06 bits per heavy atom. The zero-order valence-electron chi connectivity index (χ0n) is 10.6. The topological polar surface area (TPSA) is 21.3 Å².